The van der Waals surface area contributed by atoms with E-state index in [0.29, 0.717) is 48.4 Å². The Balaban J connectivity index is 1.30. The largest absolute Gasteiger partial charge is 0.491 e. The van der Waals surface area contributed by atoms with Gasteiger partial charge in [-0.3, -0.25) is 9.69 Å². The Hall–Kier alpha value is -3.40. The van der Waals surface area contributed by atoms with Gasteiger partial charge in [0.25, 0.3) is 5.91 Å². The molecule has 1 saturated heterocycles. The Morgan fingerprint density at radius 3 is 2.68 bits per heavy atom. The lowest BCUT2D eigenvalue weighted by molar-refractivity contribution is -0.138. The van der Waals surface area contributed by atoms with E-state index in [1.54, 1.807) is 6.07 Å². The van der Waals surface area contributed by atoms with Gasteiger partial charge >= 0.3 is 6.18 Å². The maximum Gasteiger partial charge on any atom is 0.416 e. The number of halogens is 3. The number of amides is 1. The fourth-order valence-corrected chi connectivity index (χ4v) is 7.45. The van der Waals surface area contributed by atoms with E-state index in [-0.39, 0.29) is 17.7 Å². The van der Waals surface area contributed by atoms with Crippen LogP contribution in [0.5, 0.6) is 5.75 Å². The molecule has 10 heteroatoms. The van der Waals surface area contributed by atoms with E-state index in [1.807, 2.05) is 6.07 Å². The molecule has 216 valence electrons. The second-order valence-electron chi connectivity index (χ2n) is 12.2. The van der Waals surface area contributed by atoms with Gasteiger partial charge in [0, 0.05) is 25.1 Å². The number of ether oxygens (including phenoxy) is 1. The fraction of sp³-hybridized carbons (Fsp3) is 0.516. The molecular formula is C31H33F3N4O3. The van der Waals surface area contributed by atoms with Crippen molar-refractivity contribution in [3.05, 3.63) is 69.9 Å². The molecule has 7 rings (SSSR count). The highest BCUT2D eigenvalue weighted by Gasteiger charge is 2.45. The van der Waals surface area contributed by atoms with E-state index in [4.69, 9.17) is 9.15 Å². The highest BCUT2D eigenvalue weighted by Crippen LogP contribution is 2.50. The van der Waals surface area contributed by atoms with Gasteiger partial charge in [0.1, 0.15) is 5.75 Å². The predicted molar refractivity (Wildman–Crippen MR) is 145 cm³/mol. The summed E-state index contributed by atoms with van der Waals surface area (Å²) < 4.78 is 55.0. The summed E-state index contributed by atoms with van der Waals surface area (Å²) in [5.41, 5.74) is 1.87. The molecule has 4 aliphatic rings. The van der Waals surface area contributed by atoms with Gasteiger partial charge in [-0.25, -0.2) is 0 Å². The number of hydrogen-bond donors (Lipinski definition) is 0. The molecule has 0 unspecified atom stereocenters. The van der Waals surface area contributed by atoms with Crippen LogP contribution in [0, 0.1) is 5.92 Å². The maximum atomic E-state index is 14.4. The molecule has 1 aromatic heterocycles. The van der Waals surface area contributed by atoms with Crippen LogP contribution in [0.15, 0.2) is 35.1 Å². The first-order valence-electron chi connectivity index (χ1n) is 14.6. The zero-order chi connectivity index (χ0) is 28.4. The smallest absolute Gasteiger partial charge is 0.416 e. The predicted octanol–water partition coefficient (Wildman–Crippen LogP) is 6.28. The fourth-order valence-electron chi connectivity index (χ4n) is 7.45. The van der Waals surface area contributed by atoms with Gasteiger partial charge in [0.15, 0.2) is 0 Å². The van der Waals surface area contributed by atoms with E-state index < -0.39 is 23.1 Å². The number of carbonyl (C=O) groups excluding carboxylic acids is 1. The van der Waals surface area contributed by atoms with Crippen molar-refractivity contribution in [2.75, 3.05) is 24.6 Å². The Morgan fingerprint density at radius 2 is 1.95 bits per heavy atom. The maximum absolute atomic E-state index is 14.4. The minimum Gasteiger partial charge on any atom is -0.491 e. The number of alkyl halides is 3. The highest BCUT2D eigenvalue weighted by molar-refractivity contribution is 6.11. The lowest BCUT2D eigenvalue weighted by Crippen LogP contribution is -2.33. The van der Waals surface area contributed by atoms with E-state index in [0.717, 1.165) is 62.7 Å². The Bertz CT molecular complexity index is 1480. The summed E-state index contributed by atoms with van der Waals surface area (Å²) in [4.78, 5) is 17.6. The van der Waals surface area contributed by atoms with Crippen molar-refractivity contribution in [3.63, 3.8) is 0 Å². The van der Waals surface area contributed by atoms with Crippen molar-refractivity contribution in [1.82, 2.24) is 15.1 Å². The normalized spacial score (nSPS) is 22.2. The number of likely N-dealkylation sites (tertiary alicyclic amines) is 1. The number of nitrogens with zero attached hydrogens (tertiary/aromatic N) is 4. The molecule has 0 radical (unpaired) electrons. The number of fused-ring (bicyclic) bond motifs is 2. The molecule has 1 saturated carbocycles. The molecule has 7 nitrogen and oxygen atoms in total. The lowest BCUT2D eigenvalue weighted by atomic mass is 9.77. The summed E-state index contributed by atoms with van der Waals surface area (Å²) in [5.74, 6) is 1.19. The molecule has 0 bridgehead atoms. The molecule has 2 aromatic carbocycles. The average molecular weight is 567 g/mol. The molecule has 0 spiro atoms. The van der Waals surface area contributed by atoms with E-state index >= 15 is 0 Å². The van der Waals surface area contributed by atoms with E-state index in [2.05, 4.69) is 28.1 Å². The average Bonchev–Trinajstić information content (AvgIpc) is 3.75. The number of piperidine rings is 1. The molecule has 2 fully saturated rings. The summed E-state index contributed by atoms with van der Waals surface area (Å²) >= 11 is 0. The monoisotopic (exact) mass is 566 g/mol. The van der Waals surface area contributed by atoms with Crippen molar-refractivity contribution in [3.8, 4) is 5.75 Å². The van der Waals surface area contributed by atoms with Crippen LogP contribution in [-0.4, -0.2) is 40.7 Å². The van der Waals surface area contributed by atoms with E-state index in [9.17, 15) is 18.0 Å². The van der Waals surface area contributed by atoms with Crippen LogP contribution in [0.1, 0.15) is 89.5 Å². The molecular weight excluding hydrogens is 533 g/mol. The molecule has 1 amide bonds. The highest BCUT2D eigenvalue weighted by atomic mass is 19.4. The summed E-state index contributed by atoms with van der Waals surface area (Å²) in [6.07, 6.45) is 3.19. The molecule has 1 aliphatic carbocycles. The van der Waals surface area contributed by atoms with Crippen LogP contribution in [0.25, 0.3) is 0 Å². The van der Waals surface area contributed by atoms with Gasteiger partial charge in [-0.2, -0.15) is 13.2 Å². The second kappa shape index (κ2) is 9.86. The number of carbonyl (C=O) groups is 1. The van der Waals surface area contributed by atoms with Gasteiger partial charge in [0.05, 0.1) is 29.8 Å². The summed E-state index contributed by atoms with van der Waals surface area (Å²) in [6.45, 7) is 4.56. The van der Waals surface area contributed by atoms with E-state index in [1.165, 1.54) is 17.4 Å². The van der Waals surface area contributed by atoms with Crippen molar-refractivity contribution in [2.45, 2.75) is 76.6 Å². The third-order valence-corrected chi connectivity index (χ3v) is 9.39. The molecule has 3 aromatic rings. The Labute approximate surface area is 236 Å². The van der Waals surface area contributed by atoms with Crippen LogP contribution in [-0.2, 0) is 31.1 Å². The zero-order valence-corrected chi connectivity index (χ0v) is 23.1. The van der Waals surface area contributed by atoms with Crippen LogP contribution >= 0.6 is 0 Å². The standard InChI is InChI=1S/C31H33F3N4O3/c1-19-5-4-9-37(15-19)16-20-11-23-24(25(12-20)31(32,33)34)17-38(28(23)39)26-14-22(13-21-6-10-40-27(21)26)30(7-2-3-8-30)29-36-35-18-41-29/h11-14,18-19H,2-10,15-17H2,1H3/t19-/m0/s1. The molecule has 41 heavy (non-hydrogen) atoms. The zero-order valence-electron chi connectivity index (χ0n) is 23.1. The first-order chi connectivity index (χ1) is 19.7. The summed E-state index contributed by atoms with van der Waals surface area (Å²) in [7, 11) is 0. The molecule has 4 heterocycles. The van der Waals surface area contributed by atoms with Gasteiger partial charge < -0.3 is 14.1 Å². The first kappa shape index (κ1) is 26.5. The SMILES string of the molecule is C[C@H]1CCCN(Cc2cc3c(c(C(F)(F)F)c2)CN(c2cc(C4(c5nnco5)CCCC4)cc4c2OCC4)C3=O)C1. The van der Waals surface area contributed by atoms with Crippen LogP contribution in [0.2, 0.25) is 0 Å². The lowest BCUT2D eigenvalue weighted by Gasteiger charge is -2.31. The molecule has 3 aliphatic heterocycles. The quantitative estimate of drug-likeness (QED) is 0.362. The Kier molecular flexibility index (Phi) is 6.37. The topological polar surface area (TPSA) is 71.7 Å². The minimum absolute atomic E-state index is 0.0305. The van der Waals surface area contributed by atoms with Crippen LogP contribution < -0.4 is 9.64 Å². The number of benzene rings is 2. The summed E-state index contributed by atoms with van der Waals surface area (Å²) in [6, 6.07) is 6.92. The number of aromatic nitrogens is 2. The van der Waals surface area contributed by atoms with Gasteiger partial charge in [-0.1, -0.05) is 25.8 Å². The minimum atomic E-state index is -4.57. The summed E-state index contributed by atoms with van der Waals surface area (Å²) in [5, 5.41) is 8.18. The second-order valence-corrected chi connectivity index (χ2v) is 12.2. The van der Waals surface area contributed by atoms with Gasteiger partial charge in [0.2, 0.25) is 12.3 Å². The number of rotatable bonds is 5. The number of anilines is 1. The Morgan fingerprint density at radius 1 is 1.12 bits per heavy atom. The van der Waals surface area contributed by atoms with Crippen molar-refractivity contribution < 1.29 is 27.1 Å². The number of hydrogen-bond acceptors (Lipinski definition) is 6. The van der Waals surface area contributed by atoms with Crippen molar-refractivity contribution in [1.29, 1.82) is 0 Å². The van der Waals surface area contributed by atoms with Crippen LogP contribution in [0.3, 0.4) is 0 Å². The third-order valence-electron chi connectivity index (χ3n) is 9.39. The molecule has 1 atom stereocenters. The first-order valence-corrected chi connectivity index (χ1v) is 14.6. The van der Waals surface area contributed by atoms with Crippen molar-refractivity contribution in [2.24, 2.45) is 5.92 Å². The van der Waals surface area contributed by atoms with Gasteiger partial charge in [-0.15, -0.1) is 10.2 Å². The van der Waals surface area contributed by atoms with Gasteiger partial charge in [-0.05, 0) is 78.6 Å². The van der Waals surface area contributed by atoms with Crippen molar-refractivity contribution >= 4 is 11.6 Å². The third kappa shape index (κ3) is 4.51. The van der Waals surface area contributed by atoms with Crippen LogP contribution in [0.4, 0.5) is 18.9 Å². The molecule has 0 N–H and O–H groups in total.